The second-order valence-electron chi connectivity index (χ2n) is 6.97. The van der Waals surface area contributed by atoms with Gasteiger partial charge in [0.2, 0.25) is 0 Å². The topological polar surface area (TPSA) is 39.7 Å². The Balaban J connectivity index is 1.96. The van der Waals surface area contributed by atoms with E-state index in [0.717, 1.165) is 12.5 Å². The number of nitrogens with one attached hydrogen (secondary N) is 2. The molecule has 2 rings (SSSR count). The summed E-state index contributed by atoms with van der Waals surface area (Å²) in [7, 11) is 4.11. The second-order valence-corrected chi connectivity index (χ2v) is 7.95. The van der Waals surface area contributed by atoms with Gasteiger partial charge in [0.05, 0.1) is 0 Å². The number of rotatable bonds is 5. The van der Waals surface area contributed by atoms with Gasteiger partial charge in [-0.05, 0) is 56.6 Å². The minimum absolute atomic E-state index is 0.420. The number of hydrogen-bond acceptors (Lipinski definition) is 3. The fraction of sp³-hybridized carbons (Fsp3) is 0.722. The maximum atomic E-state index is 4.39. The minimum atomic E-state index is 0.420. The number of likely N-dealkylation sites (tertiary alicyclic amines) is 1. The van der Waals surface area contributed by atoms with Crippen LogP contribution in [0.1, 0.15) is 44.5 Å². The van der Waals surface area contributed by atoms with Crippen LogP contribution in [0.3, 0.4) is 0 Å². The fourth-order valence-electron chi connectivity index (χ4n) is 3.19. The third-order valence-corrected chi connectivity index (χ3v) is 5.90. The van der Waals surface area contributed by atoms with Crippen molar-refractivity contribution in [2.24, 2.45) is 16.8 Å². The molecule has 0 aliphatic carbocycles. The summed E-state index contributed by atoms with van der Waals surface area (Å²) in [6, 6.07) is 5.38. The number of nitrogens with zero attached hydrogens (tertiary/aromatic N) is 2. The van der Waals surface area contributed by atoms with E-state index in [0.29, 0.717) is 23.9 Å². The van der Waals surface area contributed by atoms with Crippen molar-refractivity contribution in [2.45, 2.75) is 45.7 Å². The van der Waals surface area contributed by atoms with Crippen LogP contribution in [0, 0.1) is 11.8 Å². The fourth-order valence-corrected chi connectivity index (χ4v) is 4.17. The van der Waals surface area contributed by atoms with E-state index in [9.17, 15) is 0 Å². The highest BCUT2D eigenvalue weighted by Gasteiger charge is 2.31. The Morgan fingerprint density at radius 2 is 2.22 bits per heavy atom. The summed E-state index contributed by atoms with van der Waals surface area (Å²) in [6.45, 7) is 8.83. The zero-order valence-corrected chi connectivity index (χ0v) is 16.0. The molecule has 2 N–H and O–H groups in total. The van der Waals surface area contributed by atoms with Gasteiger partial charge >= 0.3 is 0 Å². The van der Waals surface area contributed by atoms with E-state index in [4.69, 9.17) is 0 Å². The standard InChI is InChI=1S/C18H32N4S/c1-13(2)14(3)21-18(19-4)20-12-15-8-6-10-22(5)17(15)16-9-7-11-23-16/h7,9,11,13-15,17H,6,8,10,12H2,1-5H3,(H2,19,20,21). The van der Waals surface area contributed by atoms with Crippen LogP contribution >= 0.6 is 11.3 Å². The lowest BCUT2D eigenvalue weighted by atomic mass is 9.88. The molecule has 0 saturated carbocycles. The van der Waals surface area contributed by atoms with Crippen LogP contribution in [0.2, 0.25) is 0 Å². The van der Waals surface area contributed by atoms with Gasteiger partial charge in [0, 0.05) is 30.6 Å². The van der Waals surface area contributed by atoms with Gasteiger partial charge in [-0.25, -0.2) is 0 Å². The maximum absolute atomic E-state index is 4.39. The maximum Gasteiger partial charge on any atom is 0.191 e. The molecule has 0 amide bonds. The Kier molecular flexibility index (Phi) is 6.90. The Hall–Kier alpha value is -1.07. The number of guanidine groups is 1. The van der Waals surface area contributed by atoms with E-state index >= 15 is 0 Å². The molecule has 1 aromatic heterocycles. The van der Waals surface area contributed by atoms with Crippen molar-refractivity contribution in [3.05, 3.63) is 22.4 Å². The van der Waals surface area contributed by atoms with Gasteiger partial charge in [-0.15, -0.1) is 11.3 Å². The normalized spacial score (nSPS) is 24.7. The first-order valence-corrected chi connectivity index (χ1v) is 9.61. The van der Waals surface area contributed by atoms with Crippen LogP contribution in [-0.2, 0) is 0 Å². The number of hydrogen-bond donors (Lipinski definition) is 2. The first-order valence-electron chi connectivity index (χ1n) is 8.73. The summed E-state index contributed by atoms with van der Waals surface area (Å²) < 4.78 is 0. The molecule has 0 spiro atoms. The lowest BCUT2D eigenvalue weighted by molar-refractivity contribution is 0.125. The van der Waals surface area contributed by atoms with Gasteiger partial charge in [-0.3, -0.25) is 9.89 Å². The van der Waals surface area contributed by atoms with Gasteiger partial charge in [0.1, 0.15) is 0 Å². The molecule has 1 aliphatic rings. The summed E-state index contributed by atoms with van der Waals surface area (Å²) in [6.07, 6.45) is 2.55. The molecule has 5 heteroatoms. The van der Waals surface area contributed by atoms with Gasteiger partial charge in [0.15, 0.2) is 5.96 Å². The molecule has 130 valence electrons. The number of piperidine rings is 1. The molecule has 3 atom stereocenters. The zero-order chi connectivity index (χ0) is 16.8. The summed E-state index contributed by atoms with van der Waals surface area (Å²) in [4.78, 5) is 8.38. The Labute approximate surface area is 145 Å². The lowest BCUT2D eigenvalue weighted by Gasteiger charge is -2.39. The molecule has 0 radical (unpaired) electrons. The van der Waals surface area contributed by atoms with Crippen molar-refractivity contribution >= 4 is 17.3 Å². The molecule has 1 fully saturated rings. The van der Waals surface area contributed by atoms with Crippen LogP contribution in [-0.4, -0.2) is 44.1 Å². The summed E-state index contributed by atoms with van der Waals surface area (Å²) in [5.41, 5.74) is 0. The van der Waals surface area contributed by atoms with E-state index < -0.39 is 0 Å². The molecule has 1 aromatic rings. The van der Waals surface area contributed by atoms with Crippen LogP contribution in [0.25, 0.3) is 0 Å². The molecular weight excluding hydrogens is 304 g/mol. The van der Waals surface area contributed by atoms with E-state index in [-0.39, 0.29) is 0 Å². The molecule has 1 saturated heterocycles. The first kappa shape index (κ1) is 18.3. The highest BCUT2D eigenvalue weighted by molar-refractivity contribution is 7.10. The SMILES string of the molecule is CN=C(NCC1CCCN(C)C1c1cccs1)NC(C)C(C)C. The van der Waals surface area contributed by atoms with Gasteiger partial charge < -0.3 is 10.6 Å². The predicted octanol–water partition coefficient (Wildman–Crippen LogP) is 3.34. The van der Waals surface area contributed by atoms with Crippen LogP contribution in [0.4, 0.5) is 0 Å². The number of aliphatic imine (C=N–C) groups is 1. The Morgan fingerprint density at radius 3 is 2.83 bits per heavy atom. The summed E-state index contributed by atoms with van der Waals surface area (Å²) in [5, 5.41) is 9.24. The van der Waals surface area contributed by atoms with Crippen LogP contribution in [0.5, 0.6) is 0 Å². The van der Waals surface area contributed by atoms with E-state index in [2.05, 4.69) is 65.9 Å². The van der Waals surface area contributed by atoms with E-state index in [1.807, 2.05) is 18.4 Å². The monoisotopic (exact) mass is 336 g/mol. The van der Waals surface area contributed by atoms with E-state index in [1.54, 1.807) is 0 Å². The van der Waals surface area contributed by atoms with Crippen LogP contribution in [0.15, 0.2) is 22.5 Å². The Morgan fingerprint density at radius 1 is 1.43 bits per heavy atom. The third kappa shape index (κ3) is 4.95. The number of thiophene rings is 1. The van der Waals surface area contributed by atoms with Crippen molar-refractivity contribution in [1.82, 2.24) is 15.5 Å². The first-order chi connectivity index (χ1) is 11.0. The molecule has 2 heterocycles. The minimum Gasteiger partial charge on any atom is -0.356 e. The van der Waals surface area contributed by atoms with Crippen molar-refractivity contribution in [1.29, 1.82) is 0 Å². The molecule has 3 unspecified atom stereocenters. The summed E-state index contributed by atoms with van der Waals surface area (Å²) in [5.74, 6) is 2.14. The summed E-state index contributed by atoms with van der Waals surface area (Å²) >= 11 is 1.88. The van der Waals surface area contributed by atoms with Crippen molar-refractivity contribution in [3.63, 3.8) is 0 Å². The predicted molar refractivity (Wildman–Crippen MR) is 101 cm³/mol. The smallest absolute Gasteiger partial charge is 0.191 e. The highest BCUT2D eigenvalue weighted by Crippen LogP contribution is 2.36. The molecule has 1 aliphatic heterocycles. The third-order valence-electron chi connectivity index (χ3n) is 4.96. The average molecular weight is 337 g/mol. The highest BCUT2D eigenvalue weighted by atomic mass is 32.1. The van der Waals surface area contributed by atoms with Crippen LogP contribution < -0.4 is 10.6 Å². The molecule has 0 aromatic carbocycles. The molecule has 0 bridgehead atoms. The average Bonchev–Trinajstić information content (AvgIpc) is 3.04. The Bertz CT molecular complexity index is 483. The van der Waals surface area contributed by atoms with Crippen molar-refractivity contribution < 1.29 is 0 Å². The second kappa shape index (κ2) is 8.69. The quantitative estimate of drug-likeness (QED) is 0.640. The van der Waals surface area contributed by atoms with Crippen molar-refractivity contribution in [2.75, 3.05) is 27.2 Å². The van der Waals surface area contributed by atoms with Gasteiger partial charge in [-0.2, -0.15) is 0 Å². The zero-order valence-electron chi connectivity index (χ0n) is 15.2. The molecule has 4 nitrogen and oxygen atoms in total. The largest absolute Gasteiger partial charge is 0.356 e. The molecule has 23 heavy (non-hydrogen) atoms. The lowest BCUT2D eigenvalue weighted by Crippen LogP contribution is -2.48. The molecular formula is C18H32N4S. The van der Waals surface area contributed by atoms with Crippen molar-refractivity contribution in [3.8, 4) is 0 Å². The van der Waals surface area contributed by atoms with Gasteiger partial charge in [0.25, 0.3) is 0 Å². The van der Waals surface area contributed by atoms with E-state index in [1.165, 1.54) is 24.3 Å². The van der Waals surface area contributed by atoms with Gasteiger partial charge in [-0.1, -0.05) is 19.9 Å².